The zero-order valence-electron chi connectivity index (χ0n) is 17.3. The predicted octanol–water partition coefficient (Wildman–Crippen LogP) is 4.35. The topological polar surface area (TPSA) is 65.8 Å². The number of alkyl halides is 3. The maximum absolute atomic E-state index is 13.0. The van der Waals surface area contributed by atoms with E-state index in [4.69, 9.17) is 16.0 Å². The van der Waals surface area contributed by atoms with E-state index in [1.54, 1.807) is 31.7 Å². The third kappa shape index (κ3) is 5.22. The minimum atomic E-state index is -4.61. The van der Waals surface area contributed by atoms with E-state index in [2.05, 4.69) is 5.32 Å². The molecule has 0 saturated carbocycles. The first kappa shape index (κ1) is 23.1. The van der Waals surface area contributed by atoms with E-state index in [0.717, 1.165) is 12.1 Å². The first-order valence-electron chi connectivity index (χ1n) is 9.75. The van der Waals surface area contributed by atoms with Crippen LogP contribution in [0.4, 0.5) is 18.9 Å². The van der Waals surface area contributed by atoms with Crippen molar-refractivity contribution in [1.29, 1.82) is 0 Å². The van der Waals surface area contributed by atoms with Crippen LogP contribution in [0.2, 0.25) is 5.02 Å². The van der Waals surface area contributed by atoms with Crippen molar-refractivity contribution < 1.29 is 27.2 Å². The van der Waals surface area contributed by atoms with E-state index in [0.29, 0.717) is 43.3 Å². The molecule has 0 bridgehead atoms. The summed E-state index contributed by atoms with van der Waals surface area (Å²) in [5, 5.41) is 2.09. The third-order valence-electron chi connectivity index (χ3n) is 5.34. The Labute approximate surface area is 182 Å². The van der Waals surface area contributed by atoms with Gasteiger partial charge in [0.25, 0.3) is 5.91 Å². The molecule has 0 radical (unpaired) electrons. The number of hydrogen-bond acceptors (Lipinski definition) is 4. The van der Waals surface area contributed by atoms with Crippen molar-refractivity contribution in [3.05, 3.63) is 51.9 Å². The van der Waals surface area contributed by atoms with Gasteiger partial charge >= 0.3 is 6.18 Å². The number of aryl methyl sites for hydroxylation is 2. The van der Waals surface area contributed by atoms with Crippen molar-refractivity contribution in [3.63, 3.8) is 0 Å². The standard InChI is InChI=1S/C21H23ClF3N3O3/c1-12-10-16(14(3)31-12)20(30)28-8-6-27(7-9-28)13(2)19(29)26-15-4-5-18(22)17(11-15)21(23,24)25/h4-5,10-11,13H,6-9H2,1-3H3,(H,26,29). The van der Waals surface area contributed by atoms with Crippen molar-refractivity contribution in [1.82, 2.24) is 9.80 Å². The van der Waals surface area contributed by atoms with Gasteiger partial charge in [-0.1, -0.05) is 11.6 Å². The molecule has 1 fully saturated rings. The average molecular weight is 458 g/mol. The summed E-state index contributed by atoms with van der Waals surface area (Å²) < 4.78 is 44.5. The molecule has 3 rings (SSSR count). The third-order valence-corrected chi connectivity index (χ3v) is 5.67. The molecule has 1 N–H and O–H groups in total. The molecule has 1 saturated heterocycles. The number of amides is 2. The highest BCUT2D eigenvalue weighted by Crippen LogP contribution is 2.36. The Bertz CT molecular complexity index is 982. The highest BCUT2D eigenvalue weighted by atomic mass is 35.5. The molecule has 2 amide bonds. The number of piperazine rings is 1. The Hall–Kier alpha value is -2.52. The van der Waals surface area contributed by atoms with Gasteiger partial charge in [0.15, 0.2) is 0 Å². The Morgan fingerprint density at radius 2 is 1.77 bits per heavy atom. The molecule has 1 aliphatic rings. The summed E-state index contributed by atoms with van der Waals surface area (Å²) in [6, 6.07) is 4.38. The van der Waals surface area contributed by atoms with Gasteiger partial charge in [0, 0.05) is 31.9 Å². The van der Waals surface area contributed by atoms with Crippen LogP contribution in [0.3, 0.4) is 0 Å². The molecule has 10 heteroatoms. The second kappa shape index (κ2) is 8.92. The number of carbonyl (C=O) groups excluding carboxylic acids is 2. The maximum atomic E-state index is 13.0. The predicted molar refractivity (Wildman–Crippen MR) is 110 cm³/mol. The zero-order valence-corrected chi connectivity index (χ0v) is 18.1. The van der Waals surface area contributed by atoms with Crippen molar-refractivity contribution >= 4 is 29.1 Å². The van der Waals surface area contributed by atoms with Crippen LogP contribution < -0.4 is 5.32 Å². The first-order chi connectivity index (χ1) is 14.5. The van der Waals surface area contributed by atoms with Gasteiger partial charge < -0.3 is 14.6 Å². The number of anilines is 1. The molecule has 6 nitrogen and oxygen atoms in total. The van der Waals surface area contributed by atoms with Crippen LogP contribution in [0, 0.1) is 13.8 Å². The van der Waals surface area contributed by atoms with Crippen molar-refractivity contribution in [2.75, 3.05) is 31.5 Å². The fraction of sp³-hybridized carbons (Fsp3) is 0.429. The molecule has 1 atom stereocenters. The molecular weight excluding hydrogens is 435 g/mol. The summed E-state index contributed by atoms with van der Waals surface area (Å²) in [5.74, 6) is 0.683. The molecule has 1 unspecified atom stereocenters. The molecule has 2 heterocycles. The Balaban J connectivity index is 1.59. The van der Waals surface area contributed by atoms with E-state index in [1.807, 2.05) is 4.90 Å². The van der Waals surface area contributed by atoms with Gasteiger partial charge in [0.2, 0.25) is 5.91 Å². The summed E-state index contributed by atoms with van der Waals surface area (Å²) in [5.41, 5.74) is -0.454. The monoisotopic (exact) mass is 457 g/mol. The van der Waals surface area contributed by atoms with Gasteiger partial charge in [-0.3, -0.25) is 14.5 Å². The molecule has 0 aliphatic carbocycles. The molecule has 1 aliphatic heterocycles. The van der Waals surface area contributed by atoms with E-state index in [9.17, 15) is 22.8 Å². The van der Waals surface area contributed by atoms with Gasteiger partial charge in [0.05, 0.1) is 22.2 Å². The van der Waals surface area contributed by atoms with Crippen molar-refractivity contribution in [2.24, 2.45) is 0 Å². The lowest BCUT2D eigenvalue weighted by Gasteiger charge is -2.37. The lowest BCUT2D eigenvalue weighted by molar-refractivity contribution is -0.137. The number of rotatable bonds is 4. The average Bonchev–Trinajstić information content (AvgIpc) is 3.05. The number of nitrogens with one attached hydrogen (secondary N) is 1. The molecule has 1 aromatic carbocycles. The van der Waals surface area contributed by atoms with E-state index < -0.39 is 28.7 Å². The van der Waals surface area contributed by atoms with E-state index in [-0.39, 0.29) is 11.6 Å². The molecular formula is C21H23ClF3N3O3. The van der Waals surface area contributed by atoms with E-state index >= 15 is 0 Å². The Morgan fingerprint density at radius 3 is 2.32 bits per heavy atom. The second-order valence-corrected chi connectivity index (χ2v) is 7.92. The Morgan fingerprint density at radius 1 is 1.13 bits per heavy atom. The summed E-state index contributed by atoms with van der Waals surface area (Å²) in [6.07, 6.45) is -4.61. The summed E-state index contributed by atoms with van der Waals surface area (Å²) in [7, 11) is 0. The SMILES string of the molecule is Cc1cc(C(=O)N2CCN(C(C)C(=O)Nc3ccc(Cl)c(C(F)(F)F)c3)CC2)c(C)o1. The lowest BCUT2D eigenvalue weighted by atomic mass is 10.1. The van der Waals surface area contributed by atoms with Crippen LogP contribution in [-0.4, -0.2) is 53.8 Å². The van der Waals surface area contributed by atoms with Gasteiger partial charge in [-0.2, -0.15) is 13.2 Å². The smallest absolute Gasteiger partial charge is 0.417 e. The van der Waals surface area contributed by atoms with Crippen LogP contribution in [0.5, 0.6) is 0 Å². The molecule has 2 aromatic rings. The second-order valence-electron chi connectivity index (χ2n) is 7.51. The van der Waals surface area contributed by atoms with Crippen LogP contribution in [0.1, 0.15) is 34.4 Å². The number of nitrogens with zero attached hydrogens (tertiary/aromatic N) is 2. The summed E-state index contributed by atoms with van der Waals surface area (Å²) in [4.78, 5) is 28.9. The van der Waals surface area contributed by atoms with E-state index in [1.165, 1.54) is 6.07 Å². The summed E-state index contributed by atoms with van der Waals surface area (Å²) >= 11 is 5.62. The largest absolute Gasteiger partial charge is 0.466 e. The summed E-state index contributed by atoms with van der Waals surface area (Å²) in [6.45, 7) is 6.98. The molecule has 0 spiro atoms. The van der Waals surface area contributed by atoms with Gasteiger partial charge in [0.1, 0.15) is 11.5 Å². The number of benzene rings is 1. The number of furan rings is 1. The number of halogens is 4. The van der Waals surface area contributed by atoms with Crippen LogP contribution in [0.15, 0.2) is 28.7 Å². The van der Waals surface area contributed by atoms with Gasteiger partial charge in [-0.15, -0.1) is 0 Å². The van der Waals surface area contributed by atoms with Crippen LogP contribution in [-0.2, 0) is 11.0 Å². The minimum Gasteiger partial charge on any atom is -0.466 e. The van der Waals surface area contributed by atoms with Crippen molar-refractivity contribution in [2.45, 2.75) is 33.0 Å². The Kier molecular flexibility index (Phi) is 6.66. The highest BCUT2D eigenvalue weighted by molar-refractivity contribution is 6.31. The number of hydrogen-bond donors (Lipinski definition) is 1. The van der Waals surface area contributed by atoms with Crippen LogP contribution >= 0.6 is 11.6 Å². The zero-order chi connectivity index (χ0) is 22.9. The highest BCUT2D eigenvalue weighted by Gasteiger charge is 2.34. The lowest BCUT2D eigenvalue weighted by Crippen LogP contribution is -2.54. The van der Waals surface area contributed by atoms with Crippen LogP contribution in [0.25, 0.3) is 0 Å². The normalized spacial score (nSPS) is 16.3. The molecule has 31 heavy (non-hydrogen) atoms. The quantitative estimate of drug-likeness (QED) is 0.741. The van der Waals surface area contributed by atoms with Crippen molar-refractivity contribution in [3.8, 4) is 0 Å². The van der Waals surface area contributed by atoms with Gasteiger partial charge in [-0.05, 0) is 45.0 Å². The fourth-order valence-corrected chi connectivity index (χ4v) is 3.78. The molecule has 1 aromatic heterocycles. The fourth-order valence-electron chi connectivity index (χ4n) is 3.56. The number of carbonyl (C=O) groups is 2. The maximum Gasteiger partial charge on any atom is 0.417 e. The van der Waals surface area contributed by atoms with Gasteiger partial charge in [-0.25, -0.2) is 0 Å². The molecule has 168 valence electrons. The first-order valence-corrected chi connectivity index (χ1v) is 10.1. The minimum absolute atomic E-state index is 0.0215.